The Hall–Kier alpha value is -2.30. The van der Waals surface area contributed by atoms with Crippen LogP contribution in [-0.4, -0.2) is 16.7 Å². The molecule has 0 bridgehead atoms. The van der Waals surface area contributed by atoms with Crippen molar-refractivity contribution in [3.05, 3.63) is 47.5 Å². The Morgan fingerprint density at radius 3 is 2.43 bits per heavy atom. The van der Waals surface area contributed by atoms with E-state index < -0.39 is 12.1 Å². The van der Waals surface area contributed by atoms with Gasteiger partial charge < -0.3 is 0 Å². The molecule has 0 N–H and O–H groups in total. The molecule has 0 atom stereocenters. The number of alkyl halides is 3. The third kappa shape index (κ3) is 2.00. The van der Waals surface area contributed by atoms with Gasteiger partial charge in [-0.05, 0) is 37.1 Å². The Morgan fingerprint density at radius 1 is 1.05 bits per heavy atom. The molecule has 1 heterocycles. The van der Waals surface area contributed by atoms with Crippen molar-refractivity contribution in [2.45, 2.75) is 20.0 Å². The van der Waals surface area contributed by atoms with E-state index in [1.165, 1.54) is 0 Å². The molecule has 3 aromatic rings. The van der Waals surface area contributed by atoms with Crippen molar-refractivity contribution in [2.75, 3.05) is 0 Å². The Kier molecular flexibility index (Phi) is 2.83. The fraction of sp³-hybridized carbons (Fsp3) is 0.188. The summed E-state index contributed by atoms with van der Waals surface area (Å²) in [4.78, 5) is 11.8. The largest absolute Gasteiger partial charge is 0.472 e. The van der Waals surface area contributed by atoms with E-state index >= 15 is 0 Å². The molecular formula is C16H12F3NO. The lowest BCUT2D eigenvalue weighted by atomic mass is 10.1. The standard InChI is InChI=1S/C16H12F3NO/c1-9-6-7-11-13(8-9)20(15(21)16(17,18)19)12-5-3-4-10(2)14(11)12/h3-8H,1-2H3. The van der Waals surface area contributed by atoms with Gasteiger partial charge in [0.05, 0.1) is 11.0 Å². The minimum absolute atomic E-state index is 0.290. The maximum atomic E-state index is 12.9. The molecule has 0 unspecified atom stereocenters. The van der Waals surface area contributed by atoms with E-state index in [9.17, 15) is 18.0 Å². The van der Waals surface area contributed by atoms with Crippen LogP contribution in [0.3, 0.4) is 0 Å². The van der Waals surface area contributed by atoms with Gasteiger partial charge in [0.2, 0.25) is 0 Å². The van der Waals surface area contributed by atoms with Crippen molar-refractivity contribution in [3.8, 4) is 0 Å². The van der Waals surface area contributed by atoms with Crippen LogP contribution in [0.5, 0.6) is 0 Å². The third-order valence-electron chi connectivity index (χ3n) is 3.60. The Balaban J connectivity index is 2.53. The number of rotatable bonds is 0. The summed E-state index contributed by atoms with van der Waals surface area (Å²) in [6.07, 6.45) is -4.91. The maximum absolute atomic E-state index is 12.9. The number of aromatic nitrogens is 1. The molecule has 0 amide bonds. The van der Waals surface area contributed by atoms with E-state index in [0.717, 1.165) is 15.7 Å². The van der Waals surface area contributed by atoms with Crippen molar-refractivity contribution in [1.82, 2.24) is 4.57 Å². The number of aryl methyl sites for hydroxylation is 2. The highest BCUT2D eigenvalue weighted by molar-refractivity contribution is 6.15. The van der Waals surface area contributed by atoms with Gasteiger partial charge in [0.1, 0.15) is 0 Å². The van der Waals surface area contributed by atoms with E-state index in [4.69, 9.17) is 0 Å². The summed E-state index contributed by atoms with van der Waals surface area (Å²) in [5, 5.41) is 1.34. The highest BCUT2D eigenvalue weighted by Gasteiger charge is 2.41. The summed E-state index contributed by atoms with van der Waals surface area (Å²) in [6, 6.07) is 10.2. The first-order valence-corrected chi connectivity index (χ1v) is 6.42. The topological polar surface area (TPSA) is 22.0 Å². The molecular weight excluding hydrogens is 279 g/mol. The van der Waals surface area contributed by atoms with Gasteiger partial charge in [-0.1, -0.05) is 24.3 Å². The van der Waals surface area contributed by atoms with Crippen molar-refractivity contribution < 1.29 is 18.0 Å². The van der Waals surface area contributed by atoms with Gasteiger partial charge in [-0.25, -0.2) is 0 Å². The molecule has 1 aromatic heterocycles. The van der Waals surface area contributed by atoms with E-state index in [0.29, 0.717) is 16.3 Å². The zero-order valence-corrected chi connectivity index (χ0v) is 11.5. The number of benzene rings is 2. The van der Waals surface area contributed by atoms with Crippen LogP contribution in [0.2, 0.25) is 0 Å². The molecule has 108 valence electrons. The average molecular weight is 291 g/mol. The first-order valence-electron chi connectivity index (χ1n) is 6.42. The lowest BCUT2D eigenvalue weighted by Crippen LogP contribution is -2.28. The number of nitrogens with zero attached hydrogens (tertiary/aromatic N) is 1. The summed E-state index contributed by atoms with van der Waals surface area (Å²) in [5.41, 5.74) is 2.23. The molecule has 0 radical (unpaired) electrons. The van der Waals surface area contributed by atoms with Crippen molar-refractivity contribution >= 4 is 27.7 Å². The molecule has 5 heteroatoms. The fourth-order valence-corrected chi connectivity index (χ4v) is 2.70. The molecule has 2 aromatic carbocycles. The second-order valence-electron chi connectivity index (χ2n) is 5.13. The second-order valence-corrected chi connectivity index (χ2v) is 5.13. The summed E-state index contributed by atoms with van der Waals surface area (Å²) in [7, 11) is 0. The van der Waals surface area contributed by atoms with Crippen LogP contribution in [0.1, 0.15) is 15.9 Å². The van der Waals surface area contributed by atoms with Crippen LogP contribution in [0.4, 0.5) is 13.2 Å². The van der Waals surface area contributed by atoms with Gasteiger partial charge in [0.25, 0.3) is 0 Å². The quantitative estimate of drug-likeness (QED) is 0.592. The SMILES string of the molecule is Cc1ccc2c3c(C)cccc3n(C(=O)C(F)(F)F)c2c1. The highest BCUT2D eigenvalue weighted by Crippen LogP contribution is 2.34. The van der Waals surface area contributed by atoms with Gasteiger partial charge in [-0.2, -0.15) is 13.2 Å². The maximum Gasteiger partial charge on any atom is 0.472 e. The minimum atomic E-state index is -4.91. The average Bonchev–Trinajstić information content (AvgIpc) is 2.71. The highest BCUT2D eigenvalue weighted by atomic mass is 19.4. The number of carbonyl (C=O) groups excluding carboxylic acids is 1. The van der Waals surface area contributed by atoms with Gasteiger partial charge >= 0.3 is 12.1 Å². The van der Waals surface area contributed by atoms with Gasteiger partial charge in [-0.15, -0.1) is 0 Å². The van der Waals surface area contributed by atoms with Crippen LogP contribution in [0.25, 0.3) is 21.8 Å². The molecule has 3 rings (SSSR count). The van der Waals surface area contributed by atoms with Crippen molar-refractivity contribution in [2.24, 2.45) is 0 Å². The van der Waals surface area contributed by atoms with Gasteiger partial charge in [-0.3, -0.25) is 9.36 Å². The molecule has 0 fully saturated rings. The first kappa shape index (κ1) is 13.7. The zero-order valence-electron chi connectivity index (χ0n) is 11.5. The molecule has 0 saturated carbocycles. The monoisotopic (exact) mass is 291 g/mol. The Bertz CT molecular complexity index is 874. The molecule has 0 aliphatic heterocycles. The molecule has 0 saturated heterocycles. The molecule has 0 aliphatic rings. The van der Waals surface area contributed by atoms with E-state index in [1.54, 1.807) is 31.2 Å². The van der Waals surface area contributed by atoms with Crippen LogP contribution in [0.15, 0.2) is 36.4 Å². The number of halogens is 3. The van der Waals surface area contributed by atoms with Crippen LogP contribution < -0.4 is 0 Å². The lowest BCUT2D eigenvalue weighted by molar-refractivity contribution is -0.0939. The van der Waals surface area contributed by atoms with Crippen LogP contribution >= 0.6 is 0 Å². The summed E-state index contributed by atoms with van der Waals surface area (Å²) in [5.74, 6) is -1.86. The van der Waals surface area contributed by atoms with Crippen molar-refractivity contribution in [1.29, 1.82) is 0 Å². The summed E-state index contributed by atoms with van der Waals surface area (Å²) in [6.45, 7) is 3.61. The molecule has 0 aliphatic carbocycles. The third-order valence-corrected chi connectivity index (χ3v) is 3.60. The minimum Gasteiger partial charge on any atom is -0.272 e. The zero-order chi connectivity index (χ0) is 15.4. The van der Waals surface area contributed by atoms with E-state index in [-0.39, 0.29) is 5.52 Å². The predicted molar refractivity (Wildman–Crippen MR) is 75.6 cm³/mol. The number of hydrogen-bond donors (Lipinski definition) is 0. The number of carbonyl (C=O) groups is 1. The predicted octanol–water partition coefficient (Wildman–Crippen LogP) is 4.61. The molecule has 2 nitrogen and oxygen atoms in total. The van der Waals surface area contributed by atoms with E-state index in [1.807, 2.05) is 19.1 Å². The first-order chi connectivity index (χ1) is 9.80. The fourth-order valence-electron chi connectivity index (χ4n) is 2.70. The lowest BCUT2D eigenvalue weighted by Gasteiger charge is -2.09. The molecule has 21 heavy (non-hydrogen) atoms. The van der Waals surface area contributed by atoms with E-state index in [2.05, 4.69) is 0 Å². The Labute approximate surface area is 118 Å². The van der Waals surface area contributed by atoms with Crippen molar-refractivity contribution in [3.63, 3.8) is 0 Å². The van der Waals surface area contributed by atoms with Crippen LogP contribution in [-0.2, 0) is 0 Å². The second kappa shape index (κ2) is 4.35. The summed E-state index contributed by atoms with van der Waals surface area (Å²) >= 11 is 0. The van der Waals surface area contributed by atoms with Crippen LogP contribution in [0, 0.1) is 13.8 Å². The normalized spacial score (nSPS) is 12.2. The smallest absolute Gasteiger partial charge is 0.272 e. The molecule has 0 spiro atoms. The number of hydrogen-bond acceptors (Lipinski definition) is 1. The number of fused-ring (bicyclic) bond motifs is 3. The summed E-state index contributed by atoms with van der Waals surface area (Å²) < 4.78 is 39.5. The van der Waals surface area contributed by atoms with Gasteiger partial charge in [0.15, 0.2) is 0 Å². The Morgan fingerprint density at radius 2 is 1.76 bits per heavy atom. The van der Waals surface area contributed by atoms with Gasteiger partial charge in [0, 0.05) is 10.8 Å².